The van der Waals surface area contributed by atoms with Crippen LogP contribution in [0.2, 0.25) is 0 Å². The molecule has 0 bridgehead atoms. The topological polar surface area (TPSA) is 42.9 Å². The molecule has 2 aromatic heterocycles. The highest BCUT2D eigenvalue weighted by Crippen LogP contribution is 2.20. The van der Waals surface area contributed by atoms with Gasteiger partial charge in [0.1, 0.15) is 4.88 Å². The number of hydrogen-bond donors (Lipinski definition) is 0. The number of rotatable bonds is 2. The Hall–Kier alpha value is -1.07. The summed E-state index contributed by atoms with van der Waals surface area (Å²) in [5, 5.41) is 5.55. The number of carbonyl (C=O) groups excluding carboxylic acids is 1. The lowest BCUT2D eigenvalue weighted by atomic mass is 10.2. The van der Waals surface area contributed by atoms with Crippen molar-refractivity contribution >= 4 is 28.7 Å². The highest BCUT2D eigenvalue weighted by atomic mass is 32.1. The smallest absolute Gasteiger partial charge is 0.216 e. The second-order valence-electron chi connectivity index (χ2n) is 2.54. The van der Waals surface area contributed by atoms with Crippen molar-refractivity contribution in [2.24, 2.45) is 0 Å². The number of hydrogen-bond acceptors (Lipinski definition) is 5. The van der Waals surface area contributed by atoms with Crippen molar-refractivity contribution < 1.29 is 4.79 Å². The number of ketones is 1. The molecule has 0 amide bonds. The highest BCUT2D eigenvalue weighted by Gasteiger charge is 2.14. The van der Waals surface area contributed by atoms with Crippen LogP contribution in [0.4, 0.5) is 0 Å². The molecule has 13 heavy (non-hydrogen) atoms. The lowest BCUT2D eigenvalue weighted by Gasteiger charge is -1.92. The van der Waals surface area contributed by atoms with E-state index in [1.165, 1.54) is 17.5 Å². The van der Waals surface area contributed by atoms with E-state index >= 15 is 0 Å². The van der Waals surface area contributed by atoms with Gasteiger partial charge in [0.25, 0.3) is 0 Å². The Morgan fingerprint density at radius 1 is 1.54 bits per heavy atom. The van der Waals surface area contributed by atoms with Gasteiger partial charge in [0.05, 0.1) is 11.1 Å². The molecule has 0 aliphatic heterocycles. The second kappa shape index (κ2) is 3.35. The Labute approximate surface area is 83.2 Å². The van der Waals surface area contributed by atoms with E-state index < -0.39 is 0 Å². The van der Waals surface area contributed by atoms with Crippen LogP contribution in [-0.2, 0) is 0 Å². The average molecular weight is 210 g/mol. The van der Waals surface area contributed by atoms with Gasteiger partial charge in [-0.2, -0.15) is 0 Å². The molecule has 0 N–H and O–H groups in total. The molecule has 66 valence electrons. The number of nitrogens with zero attached hydrogens (tertiary/aromatic N) is 2. The summed E-state index contributed by atoms with van der Waals surface area (Å²) in [6.45, 7) is 1.93. The highest BCUT2D eigenvalue weighted by molar-refractivity contribution is 7.14. The van der Waals surface area contributed by atoms with Gasteiger partial charge in [-0.05, 0) is 35.5 Å². The fourth-order valence-electron chi connectivity index (χ4n) is 0.984. The van der Waals surface area contributed by atoms with Gasteiger partial charge in [0.2, 0.25) is 5.78 Å². The third kappa shape index (κ3) is 1.52. The van der Waals surface area contributed by atoms with Crippen LogP contribution in [-0.4, -0.2) is 15.4 Å². The number of carbonyl (C=O) groups is 1. The first-order valence-electron chi connectivity index (χ1n) is 3.65. The van der Waals surface area contributed by atoms with Gasteiger partial charge in [-0.3, -0.25) is 4.79 Å². The van der Waals surface area contributed by atoms with Crippen molar-refractivity contribution in [1.82, 2.24) is 9.59 Å². The Bertz CT molecular complexity index is 419. The Morgan fingerprint density at radius 2 is 2.38 bits per heavy atom. The van der Waals surface area contributed by atoms with Crippen LogP contribution in [0.1, 0.15) is 20.1 Å². The predicted octanol–water partition coefficient (Wildman–Crippen LogP) is 2.14. The van der Waals surface area contributed by atoms with E-state index in [-0.39, 0.29) is 5.78 Å². The zero-order valence-corrected chi connectivity index (χ0v) is 8.48. The molecule has 2 heterocycles. The third-order valence-corrected chi connectivity index (χ3v) is 3.33. The Kier molecular flexibility index (Phi) is 2.20. The van der Waals surface area contributed by atoms with Gasteiger partial charge in [-0.25, -0.2) is 0 Å². The fourth-order valence-corrected chi connectivity index (χ4v) is 2.39. The normalized spacial score (nSPS) is 10.2. The van der Waals surface area contributed by atoms with E-state index in [1.54, 1.807) is 0 Å². The predicted molar refractivity (Wildman–Crippen MR) is 52.4 cm³/mol. The minimum atomic E-state index is 0.0301. The number of thiophene rings is 1. The molecule has 2 aromatic rings. The van der Waals surface area contributed by atoms with Crippen LogP contribution >= 0.6 is 22.9 Å². The summed E-state index contributed by atoms with van der Waals surface area (Å²) in [6, 6.07) is 1.94. The van der Waals surface area contributed by atoms with E-state index in [0.29, 0.717) is 4.88 Å². The van der Waals surface area contributed by atoms with Crippen molar-refractivity contribution in [3.05, 3.63) is 33.0 Å². The summed E-state index contributed by atoms with van der Waals surface area (Å²) in [7, 11) is 0. The standard InChI is InChI=1S/C8H6N2OS2/c1-5-2-3-12-8(5)7(11)6-4-9-10-13-6/h2-4H,1H3. The largest absolute Gasteiger partial charge is 0.287 e. The summed E-state index contributed by atoms with van der Waals surface area (Å²) in [6.07, 6.45) is 1.51. The van der Waals surface area contributed by atoms with Crippen LogP contribution in [0.15, 0.2) is 17.6 Å². The maximum atomic E-state index is 11.7. The van der Waals surface area contributed by atoms with Crippen molar-refractivity contribution in [1.29, 1.82) is 0 Å². The quantitative estimate of drug-likeness (QED) is 0.713. The second-order valence-corrected chi connectivity index (χ2v) is 4.25. The zero-order chi connectivity index (χ0) is 9.26. The van der Waals surface area contributed by atoms with Crippen LogP contribution in [0.5, 0.6) is 0 Å². The number of aryl methyl sites for hydroxylation is 1. The minimum absolute atomic E-state index is 0.0301. The van der Waals surface area contributed by atoms with Crippen molar-refractivity contribution in [2.75, 3.05) is 0 Å². The van der Waals surface area contributed by atoms with E-state index in [9.17, 15) is 4.79 Å². The zero-order valence-electron chi connectivity index (χ0n) is 6.85. The minimum Gasteiger partial charge on any atom is -0.287 e. The lowest BCUT2D eigenvalue weighted by molar-refractivity contribution is 0.104. The number of aromatic nitrogens is 2. The van der Waals surface area contributed by atoms with Gasteiger partial charge in [0, 0.05) is 0 Å². The van der Waals surface area contributed by atoms with Crippen LogP contribution in [0.3, 0.4) is 0 Å². The van der Waals surface area contributed by atoms with Crippen molar-refractivity contribution in [3.8, 4) is 0 Å². The molecule has 0 saturated heterocycles. The van der Waals surface area contributed by atoms with Gasteiger partial charge in [-0.15, -0.1) is 16.4 Å². The Balaban J connectivity index is 2.39. The van der Waals surface area contributed by atoms with Crippen LogP contribution in [0, 0.1) is 6.92 Å². The maximum absolute atomic E-state index is 11.7. The van der Waals surface area contributed by atoms with E-state index in [4.69, 9.17) is 0 Å². The average Bonchev–Trinajstić information content (AvgIpc) is 2.72. The molecule has 0 radical (unpaired) electrons. The van der Waals surface area contributed by atoms with Crippen molar-refractivity contribution in [3.63, 3.8) is 0 Å². The first-order chi connectivity index (χ1) is 6.29. The van der Waals surface area contributed by atoms with Gasteiger partial charge in [-0.1, -0.05) is 4.49 Å². The SMILES string of the molecule is Cc1ccsc1C(=O)c1cnns1. The lowest BCUT2D eigenvalue weighted by Crippen LogP contribution is -1.96. The van der Waals surface area contributed by atoms with Crippen LogP contribution < -0.4 is 0 Å². The molecule has 5 heteroatoms. The van der Waals surface area contributed by atoms with Gasteiger partial charge < -0.3 is 0 Å². The summed E-state index contributed by atoms with van der Waals surface area (Å²) in [5.41, 5.74) is 1.02. The van der Waals surface area contributed by atoms with E-state index in [1.807, 2.05) is 18.4 Å². The van der Waals surface area contributed by atoms with Gasteiger partial charge >= 0.3 is 0 Å². The molecule has 3 nitrogen and oxygen atoms in total. The summed E-state index contributed by atoms with van der Waals surface area (Å²) in [5.74, 6) is 0.0301. The molecule has 0 atom stereocenters. The molecular formula is C8H6N2OS2. The molecule has 0 unspecified atom stereocenters. The molecule has 0 aromatic carbocycles. The fraction of sp³-hybridized carbons (Fsp3) is 0.125. The summed E-state index contributed by atoms with van der Waals surface area (Å²) in [4.78, 5) is 13.1. The monoisotopic (exact) mass is 210 g/mol. The molecular weight excluding hydrogens is 204 g/mol. The first-order valence-corrected chi connectivity index (χ1v) is 5.30. The maximum Gasteiger partial charge on any atom is 0.216 e. The van der Waals surface area contributed by atoms with Crippen LogP contribution in [0.25, 0.3) is 0 Å². The molecule has 0 fully saturated rings. The van der Waals surface area contributed by atoms with E-state index in [0.717, 1.165) is 22.0 Å². The summed E-state index contributed by atoms with van der Waals surface area (Å²) < 4.78 is 3.66. The Morgan fingerprint density at radius 3 is 2.92 bits per heavy atom. The van der Waals surface area contributed by atoms with Gasteiger partial charge in [0.15, 0.2) is 0 Å². The summed E-state index contributed by atoms with van der Waals surface area (Å²) >= 11 is 2.59. The third-order valence-electron chi connectivity index (χ3n) is 1.65. The molecule has 0 aliphatic rings. The van der Waals surface area contributed by atoms with Crippen molar-refractivity contribution in [2.45, 2.75) is 6.92 Å². The molecule has 0 aliphatic carbocycles. The molecule has 0 spiro atoms. The first kappa shape index (κ1) is 8.52. The molecule has 0 saturated carbocycles. The molecule has 2 rings (SSSR count). The van der Waals surface area contributed by atoms with E-state index in [2.05, 4.69) is 9.59 Å².